The van der Waals surface area contributed by atoms with Crippen LogP contribution in [0.3, 0.4) is 0 Å². The molecule has 0 aliphatic rings. The van der Waals surface area contributed by atoms with E-state index in [2.05, 4.69) is 45.1 Å². The molecule has 1 unspecified atom stereocenters. The van der Waals surface area contributed by atoms with Crippen LogP contribution in [0.15, 0.2) is 29.0 Å². The van der Waals surface area contributed by atoms with Crippen LogP contribution in [-0.2, 0) is 0 Å². The van der Waals surface area contributed by atoms with Crippen LogP contribution < -0.4 is 5.32 Å². The van der Waals surface area contributed by atoms with E-state index in [1.54, 1.807) is 12.4 Å². The second-order valence-electron chi connectivity index (χ2n) is 5.77. The number of aliphatic hydroxyl groups is 1. The summed E-state index contributed by atoms with van der Waals surface area (Å²) in [4.78, 5) is 8.79. The highest BCUT2D eigenvalue weighted by Crippen LogP contribution is 2.23. The number of nitrogens with zero attached hydrogens (tertiary/aromatic N) is 2. The average molecular weight is 352 g/mol. The maximum absolute atomic E-state index is 9.19. The van der Waals surface area contributed by atoms with E-state index in [1.807, 2.05) is 12.1 Å². The van der Waals surface area contributed by atoms with Gasteiger partial charge in [-0.25, -0.2) is 0 Å². The van der Waals surface area contributed by atoms with Gasteiger partial charge in [0.2, 0.25) is 0 Å². The normalized spacial score (nSPS) is 12.8. The van der Waals surface area contributed by atoms with Crippen molar-refractivity contribution in [3.05, 3.63) is 29.0 Å². The molecule has 0 aliphatic heterocycles. The molecule has 0 fully saturated rings. The third kappa shape index (κ3) is 4.64. The first-order valence-corrected chi connectivity index (χ1v) is 8.14. The molecular weight excluding hydrogens is 330 g/mol. The number of pyridine rings is 2. The Bertz CT molecular complexity index is 589. The summed E-state index contributed by atoms with van der Waals surface area (Å²) < 4.78 is 0.928. The molecule has 0 radical (unpaired) electrons. The van der Waals surface area contributed by atoms with Crippen molar-refractivity contribution in [1.82, 2.24) is 9.97 Å². The topological polar surface area (TPSA) is 58.0 Å². The molecule has 2 N–H and O–H groups in total. The van der Waals surface area contributed by atoms with Gasteiger partial charge in [-0.1, -0.05) is 13.8 Å². The lowest BCUT2D eigenvalue weighted by molar-refractivity contribution is 0.247. The van der Waals surface area contributed by atoms with E-state index in [9.17, 15) is 5.11 Å². The summed E-state index contributed by atoms with van der Waals surface area (Å²) in [6.45, 7) is 5.51. The van der Waals surface area contributed by atoms with E-state index in [0.717, 1.165) is 40.6 Å². The molecule has 0 bridgehead atoms. The van der Waals surface area contributed by atoms with Crippen molar-refractivity contribution < 1.29 is 5.11 Å². The molecule has 0 spiro atoms. The summed E-state index contributed by atoms with van der Waals surface area (Å²) in [6, 6.07) is 3.92. The summed E-state index contributed by atoms with van der Waals surface area (Å²) in [5, 5.41) is 12.7. The Balaban J connectivity index is 2.11. The predicted molar refractivity (Wildman–Crippen MR) is 90.4 cm³/mol. The lowest BCUT2D eigenvalue weighted by Crippen LogP contribution is -2.18. The van der Waals surface area contributed by atoms with Crippen LogP contribution in [0.1, 0.15) is 26.7 Å². The molecule has 114 valence electrons. The minimum atomic E-state index is 0.237. The van der Waals surface area contributed by atoms with Crippen molar-refractivity contribution in [3.63, 3.8) is 0 Å². The number of fused-ring (bicyclic) bond motifs is 1. The fourth-order valence-electron chi connectivity index (χ4n) is 2.55. The van der Waals surface area contributed by atoms with E-state index < -0.39 is 0 Å². The first-order valence-electron chi connectivity index (χ1n) is 7.35. The van der Waals surface area contributed by atoms with Gasteiger partial charge in [0.25, 0.3) is 0 Å². The smallest absolute Gasteiger partial charge is 0.112 e. The lowest BCUT2D eigenvalue weighted by Gasteiger charge is -2.19. The van der Waals surface area contributed by atoms with E-state index in [4.69, 9.17) is 0 Å². The Hall–Kier alpha value is -1.20. The van der Waals surface area contributed by atoms with Crippen LogP contribution in [0.4, 0.5) is 5.69 Å². The van der Waals surface area contributed by atoms with Gasteiger partial charge < -0.3 is 10.4 Å². The third-order valence-electron chi connectivity index (χ3n) is 3.47. The van der Waals surface area contributed by atoms with E-state index in [-0.39, 0.29) is 6.61 Å². The van der Waals surface area contributed by atoms with Crippen molar-refractivity contribution in [2.75, 3.05) is 18.5 Å². The molecule has 5 heteroatoms. The van der Waals surface area contributed by atoms with Crippen LogP contribution in [0.25, 0.3) is 11.0 Å². The molecule has 0 saturated carbocycles. The third-order valence-corrected chi connectivity index (χ3v) is 3.90. The largest absolute Gasteiger partial charge is 0.396 e. The highest BCUT2D eigenvalue weighted by molar-refractivity contribution is 9.10. The Morgan fingerprint density at radius 1 is 1.33 bits per heavy atom. The van der Waals surface area contributed by atoms with Gasteiger partial charge in [-0.15, -0.1) is 0 Å². The Kier molecular flexibility index (Phi) is 5.94. The number of aliphatic hydroxyl groups excluding tert-OH is 1. The molecule has 2 heterocycles. The van der Waals surface area contributed by atoms with Crippen LogP contribution in [0, 0.1) is 11.8 Å². The Labute approximate surface area is 134 Å². The molecule has 1 atom stereocenters. The minimum Gasteiger partial charge on any atom is -0.396 e. The number of halogens is 1. The van der Waals surface area contributed by atoms with Crippen molar-refractivity contribution in [2.24, 2.45) is 11.8 Å². The van der Waals surface area contributed by atoms with Crippen molar-refractivity contribution in [2.45, 2.75) is 26.7 Å². The highest BCUT2D eigenvalue weighted by atomic mass is 79.9. The zero-order chi connectivity index (χ0) is 15.2. The zero-order valence-corrected chi connectivity index (χ0v) is 14.1. The summed E-state index contributed by atoms with van der Waals surface area (Å²) in [7, 11) is 0. The summed E-state index contributed by atoms with van der Waals surface area (Å²) in [5.74, 6) is 1.10. The maximum Gasteiger partial charge on any atom is 0.112 e. The number of nitrogens with one attached hydrogen (secondary N) is 1. The van der Waals surface area contributed by atoms with Gasteiger partial charge in [-0.2, -0.15) is 0 Å². The molecular formula is C16H22BrN3O. The highest BCUT2D eigenvalue weighted by Gasteiger charge is 2.12. The van der Waals surface area contributed by atoms with E-state index in [0.29, 0.717) is 11.8 Å². The van der Waals surface area contributed by atoms with Crippen LogP contribution in [-0.4, -0.2) is 28.2 Å². The Morgan fingerprint density at radius 2 is 2.14 bits per heavy atom. The molecule has 0 aliphatic carbocycles. The van der Waals surface area contributed by atoms with Gasteiger partial charge in [-0.05, 0) is 52.7 Å². The van der Waals surface area contributed by atoms with Crippen LogP contribution >= 0.6 is 15.9 Å². The van der Waals surface area contributed by atoms with Crippen molar-refractivity contribution >= 4 is 32.7 Å². The number of hydrogen-bond donors (Lipinski definition) is 2. The molecule has 4 nitrogen and oxygen atoms in total. The van der Waals surface area contributed by atoms with Gasteiger partial charge >= 0.3 is 0 Å². The van der Waals surface area contributed by atoms with Gasteiger partial charge in [-0.3, -0.25) is 9.97 Å². The SMILES string of the molecule is CC(C)CC(CCO)CNc1ccnc2cc(Br)cnc12. The monoisotopic (exact) mass is 351 g/mol. The summed E-state index contributed by atoms with van der Waals surface area (Å²) in [5.41, 5.74) is 2.75. The predicted octanol–water partition coefficient (Wildman–Crippen LogP) is 3.85. The number of anilines is 1. The number of rotatable bonds is 7. The molecule has 2 aromatic heterocycles. The molecule has 2 aromatic rings. The van der Waals surface area contributed by atoms with Crippen LogP contribution in [0.2, 0.25) is 0 Å². The van der Waals surface area contributed by atoms with Crippen molar-refractivity contribution in [3.8, 4) is 0 Å². The van der Waals surface area contributed by atoms with Gasteiger partial charge in [0.1, 0.15) is 5.52 Å². The first kappa shape index (κ1) is 16.2. The average Bonchev–Trinajstić information content (AvgIpc) is 2.44. The second kappa shape index (κ2) is 7.71. The molecule has 0 saturated heterocycles. The van der Waals surface area contributed by atoms with Crippen LogP contribution in [0.5, 0.6) is 0 Å². The van der Waals surface area contributed by atoms with E-state index >= 15 is 0 Å². The van der Waals surface area contributed by atoms with Gasteiger partial charge in [0.15, 0.2) is 0 Å². The minimum absolute atomic E-state index is 0.237. The second-order valence-corrected chi connectivity index (χ2v) is 6.68. The molecule has 0 amide bonds. The Morgan fingerprint density at radius 3 is 2.86 bits per heavy atom. The fourth-order valence-corrected chi connectivity index (χ4v) is 2.87. The molecule has 21 heavy (non-hydrogen) atoms. The van der Waals surface area contributed by atoms with E-state index in [1.165, 1.54) is 0 Å². The van der Waals surface area contributed by atoms with Gasteiger partial charge in [0.05, 0.1) is 11.2 Å². The number of aromatic nitrogens is 2. The standard InChI is InChI=1S/C16H22BrN3O/c1-11(2)7-12(4-6-21)9-19-14-3-5-18-15-8-13(17)10-20-16(14)15/h3,5,8,10-12,21H,4,6-7,9H2,1-2H3,(H,18,19). The molecule has 2 rings (SSSR count). The first-order chi connectivity index (χ1) is 10.1. The van der Waals surface area contributed by atoms with Gasteiger partial charge in [0, 0.05) is 30.0 Å². The summed E-state index contributed by atoms with van der Waals surface area (Å²) in [6.07, 6.45) is 5.51. The zero-order valence-electron chi connectivity index (χ0n) is 12.5. The van der Waals surface area contributed by atoms with Crippen molar-refractivity contribution in [1.29, 1.82) is 0 Å². The maximum atomic E-state index is 9.19. The molecule has 0 aromatic carbocycles. The number of hydrogen-bond acceptors (Lipinski definition) is 4. The summed E-state index contributed by atoms with van der Waals surface area (Å²) >= 11 is 3.42. The quantitative estimate of drug-likeness (QED) is 0.795. The lowest BCUT2D eigenvalue weighted by atomic mass is 9.94. The fraction of sp³-hybridized carbons (Fsp3) is 0.500.